The van der Waals surface area contributed by atoms with Gasteiger partial charge in [0.2, 0.25) is 0 Å². The number of ether oxygens (including phenoxy) is 1. The molecule has 1 heterocycles. The van der Waals surface area contributed by atoms with Gasteiger partial charge in [-0.15, -0.1) is 0 Å². The van der Waals surface area contributed by atoms with Crippen molar-refractivity contribution in [1.29, 1.82) is 0 Å². The average Bonchev–Trinajstić information content (AvgIpc) is 2.83. The monoisotopic (exact) mass is 325 g/mol. The van der Waals surface area contributed by atoms with Gasteiger partial charge >= 0.3 is 121 Å². The zero-order chi connectivity index (χ0) is 13.5. The first-order valence-electron chi connectivity index (χ1n) is 6.54. The summed E-state index contributed by atoms with van der Waals surface area (Å²) in [7, 11) is 2.03. The summed E-state index contributed by atoms with van der Waals surface area (Å²) in [5.74, 6) is 0. The normalized spacial score (nSPS) is 12.5. The summed E-state index contributed by atoms with van der Waals surface area (Å²) in [5.41, 5.74) is 0. The van der Waals surface area contributed by atoms with E-state index < -0.39 is 0 Å². The molecule has 0 bridgehead atoms. The van der Waals surface area contributed by atoms with E-state index in [2.05, 4.69) is 54.3 Å². The zero-order valence-corrected chi connectivity index (χ0v) is 13.2. The van der Waals surface area contributed by atoms with Gasteiger partial charge in [0, 0.05) is 0 Å². The molecule has 1 unspecified atom stereocenters. The van der Waals surface area contributed by atoms with Crippen LogP contribution in [0, 0.1) is 0 Å². The molecule has 2 aromatic rings. The summed E-state index contributed by atoms with van der Waals surface area (Å²) >= 11 is 0.514. The summed E-state index contributed by atoms with van der Waals surface area (Å²) in [6.45, 7) is 3.87. The van der Waals surface area contributed by atoms with Gasteiger partial charge in [-0.2, -0.15) is 0 Å². The fraction of sp³-hybridized carbons (Fsp3) is 0.400. The maximum absolute atomic E-state index is 5.86. The molecule has 0 aliphatic heterocycles. The summed E-state index contributed by atoms with van der Waals surface area (Å²) in [6.07, 6.45) is 6.52. The van der Waals surface area contributed by atoms with Crippen LogP contribution in [0.3, 0.4) is 0 Å². The van der Waals surface area contributed by atoms with E-state index in [0.717, 1.165) is 18.5 Å². The fourth-order valence-corrected chi connectivity index (χ4v) is 3.60. The van der Waals surface area contributed by atoms with Crippen molar-refractivity contribution in [2.45, 2.75) is 24.9 Å². The molecular weight excluding hydrogens is 303 g/mol. The van der Waals surface area contributed by atoms with Crippen LogP contribution in [0.25, 0.3) is 0 Å². The SMILES string of the molecule is CC(C[Se]c1ccccc1)OCCn1cc[n+](C)c1. The number of aryl methyl sites for hydroxylation is 1. The van der Waals surface area contributed by atoms with E-state index in [1.165, 1.54) is 4.46 Å². The van der Waals surface area contributed by atoms with Crippen molar-refractivity contribution in [1.82, 2.24) is 4.57 Å². The van der Waals surface area contributed by atoms with Gasteiger partial charge in [0.05, 0.1) is 0 Å². The van der Waals surface area contributed by atoms with Crippen LogP contribution in [0.15, 0.2) is 49.1 Å². The van der Waals surface area contributed by atoms with E-state index >= 15 is 0 Å². The average molecular weight is 324 g/mol. The number of aromatic nitrogens is 2. The molecule has 1 aromatic carbocycles. The third-order valence-electron chi connectivity index (χ3n) is 2.80. The van der Waals surface area contributed by atoms with Gasteiger partial charge in [-0.05, 0) is 0 Å². The van der Waals surface area contributed by atoms with Gasteiger partial charge in [-0.1, -0.05) is 0 Å². The fourth-order valence-electron chi connectivity index (χ4n) is 1.77. The Kier molecular flexibility index (Phi) is 5.64. The van der Waals surface area contributed by atoms with Crippen LogP contribution in [0.5, 0.6) is 0 Å². The van der Waals surface area contributed by atoms with Crippen LogP contribution in [-0.4, -0.2) is 32.2 Å². The van der Waals surface area contributed by atoms with Crippen molar-refractivity contribution in [3.63, 3.8) is 0 Å². The molecule has 0 N–H and O–H groups in total. The Labute approximate surface area is 121 Å². The molecule has 3 nitrogen and oxygen atoms in total. The molecular formula is C15H21N2OSe+. The zero-order valence-electron chi connectivity index (χ0n) is 11.5. The van der Waals surface area contributed by atoms with Crippen LogP contribution in [0.1, 0.15) is 6.92 Å². The minimum atomic E-state index is 0.338. The second-order valence-corrected chi connectivity index (χ2v) is 6.92. The van der Waals surface area contributed by atoms with Crippen molar-refractivity contribution in [3.05, 3.63) is 49.1 Å². The Morgan fingerprint density at radius 2 is 2.11 bits per heavy atom. The second-order valence-electron chi connectivity index (χ2n) is 4.62. The number of imidazole rings is 1. The van der Waals surface area contributed by atoms with Crippen molar-refractivity contribution in [3.8, 4) is 0 Å². The Morgan fingerprint density at radius 1 is 1.32 bits per heavy atom. The quantitative estimate of drug-likeness (QED) is 0.552. The van der Waals surface area contributed by atoms with Gasteiger partial charge < -0.3 is 0 Å². The van der Waals surface area contributed by atoms with Gasteiger partial charge in [0.15, 0.2) is 0 Å². The molecule has 0 saturated heterocycles. The Morgan fingerprint density at radius 3 is 2.79 bits per heavy atom. The molecule has 0 aliphatic rings. The first-order chi connectivity index (χ1) is 9.24. The molecule has 0 aliphatic carbocycles. The summed E-state index contributed by atoms with van der Waals surface area (Å²) in [5, 5.41) is 1.14. The van der Waals surface area contributed by atoms with Crippen LogP contribution in [0.2, 0.25) is 5.32 Å². The Bertz CT molecular complexity index is 484. The van der Waals surface area contributed by atoms with Gasteiger partial charge in [0.1, 0.15) is 0 Å². The first kappa shape index (κ1) is 14.3. The minimum absolute atomic E-state index is 0.338. The Hall–Kier alpha value is -1.09. The number of rotatable bonds is 7. The van der Waals surface area contributed by atoms with E-state index in [-0.39, 0.29) is 0 Å². The molecule has 1 aromatic heterocycles. The van der Waals surface area contributed by atoms with Crippen LogP contribution in [0.4, 0.5) is 0 Å². The van der Waals surface area contributed by atoms with Crippen molar-refractivity contribution >= 4 is 19.4 Å². The molecule has 102 valence electrons. The molecule has 0 fully saturated rings. The maximum atomic E-state index is 5.86. The van der Waals surface area contributed by atoms with E-state index in [1.807, 2.05) is 17.8 Å². The topological polar surface area (TPSA) is 18.0 Å². The van der Waals surface area contributed by atoms with Crippen LogP contribution in [-0.2, 0) is 18.3 Å². The van der Waals surface area contributed by atoms with Gasteiger partial charge in [-0.25, -0.2) is 0 Å². The standard InChI is InChI=1S/C15H21N2OSe/c1-14(12-19-15-6-4-3-5-7-15)18-11-10-17-9-8-16(2)13-17/h3-9,13-14H,10-12H2,1-2H3/q+1. The molecule has 19 heavy (non-hydrogen) atoms. The predicted octanol–water partition coefficient (Wildman–Crippen LogP) is 1.17. The number of hydrogen-bond donors (Lipinski definition) is 0. The molecule has 0 spiro atoms. The van der Waals surface area contributed by atoms with Crippen LogP contribution >= 0.6 is 0 Å². The first-order valence-corrected chi connectivity index (χ1v) is 8.61. The van der Waals surface area contributed by atoms with Gasteiger partial charge in [-0.3, -0.25) is 0 Å². The second kappa shape index (κ2) is 7.49. The molecule has 0 radical (unpaired) electrons. The van der Waals surface area contributed by atoms with E-state index in [1.54, 1.807) is 0 Å². The number of benzene rings is 1. The molecule has 1 atom stereocenters. The van der Waals surface area contributed by atoms with Gasteiger partial charge in [0.25, 0.3) is 0 Å². The number of nitrogens with zero attached hydrogens (tertiary/aromatic N) is 2. The number of hydrogen-bond acceptors (Lipinski definition) is 1. The third kappa shape index (κ3) is 5.19. The summed E-state index contributed by atoms with van der Waals surface area (Å²) in [6, 6.07) is 10.7. The third-order valence-corrected chi connectivity index (χ3v) is 5.41. The van der Waals surface area contributed by atoms with Crippen molar-refractivity contribution < 1.29 is 9.30 Å². The predicted molar refractivity (Wildman–Crippen MR) is 77.7 cm³/mol. The summed E-state index contributed by atoms with van der Waals surface area (Å²) < 4.78 is 11.5. The molecule has 0 saturated carbocycles. The molecule has 0 amide bonds. The van der Waals surface area contributed by atoms with E-state index in [4.69, 9.17) is 4.74 Å². The van der Waals surface area contributed by atoms with E-state index in [0.29, 0.717) is 21.1 Å². The van der Waals surface area contributed by atoms with Crippen LogP contribution < -0.4 is 9.03 Å². The molecule has 4 heteroatoms. The van der Waals surface area contributed by atoms with E-state index in [9.17, 15) is 0 Å². The summed E-state index contributed by atoms with van der Waals surface area (Å²) in [4.78, 5) is 0. The molecule has 2 rings (SSSR count). The van der Waals surface area contributed by atoms with Crippen molar-refractivity contribution in [2.75, 3.05) is 6.61 Å². The Balaban J connectivity index is 1.63. The van der Waals surface area contributed by atoms with Crippen molar-refractivity contribution in [2.24, 2.45) is 7.05 Å².